The summed E-state index contributed by atoms with van der Waals surface area (Å²) in [5.41, 5.74) is 0.373. The third-order valence-corrected chi connectivity index (χ3v) is 4.83. The van der Waals surface area contributed by atoms with E-state index < -0.39 is 5.54 Å². The number of aromatic nitrogens is 2. The molecule has 0 unspecified atom stereocenters. The highest BCUT2D eigenvalue weighted by molar-refractivity contribution is 5.83. The van der Waals surface area contributed by atoms with Gasteiger partial charge in [0.05, 0.1) is 5.54 Å². The highest BCUT2D eigenvalue weighted by atomic mass is 16.5. The first-order valence-electron chi connectivity index (χ1n) is 8.12. The van der Waals surface area contributed by atoms with Gasteiger partial charge in [-0.25, -0.2) is 4.98 Å². The number of pyridine rings is 1. The van der Waals surface area contributed by atoms with Gasteiger partial charge >= 0.3 is 0 Å². The van der Waals surface area contributed by atoms with Crippen molar-refractivity contribution < 1.29 is 9.53 Å². The van der Waals surface area contributed by atoms with Gasteiger partial charge in [-0.05, 0) is 50.9 Å². The Bertz CT molecular complexity index is 729. The summed E-state index contributed by atoms with van der Waals surface area (Å²) in [5, 5.41) is 6.46. The Balaban J connectivity index is 1.37. The van der Waals surface area contributed by atoms with Crippen molar-refractivity contribution in [3.05, 3.63) is 30.7 Å². The number of rotatable bonds is 5. The monoisotopic (exact) mass is 314 g/mol. The van der Waals surface area contributed by atoms with E-state index in [0.29, 0.717) is 18.4 Å². The van der Waals surface area contributed by atoms with Gasteiger partial charge in [-0.3, -0.25) is 4.79 Å². The van der Waals surface area contributed by atoms with Gasteiger partial charge in [0, 0.05) is 24.5 Å². The fourth-order valence-corrected chi connectivity index (χ4v) is 3.55. The van der Waals surface area contributed by atoms with E-state index >= 15 is 0 Å². The Kier molecular flexibility index (Phi) is 3.30. The average molecular weight is 314 g/mol. The lowest BCUT2D eigenvalue weighted by Crippen LogP contribution is -2.49. The highest BCUT2D eigenvalue weighted by Crippen LogP contribution is 2.48. The highest BCUT2D eigenvalue weighted by Gasteiger charge is 2.57. The molecule has 6 heteroatoms. The Morgan fingerprint density at radius 2 is 2.22 bits per heavy atom. The van der Waals surface area contributed by atoms with E-state index in [-0.39, 0.29) is 11.8 Å². The van der Waals surface area contributed by atoms with Gasteiger partial charge in [-0.2, -0.15) is 0 Å². The second-order valence-electron chi connectivity index (χ2n) is 7.20. The molecule has 1 saturated heterocycles. The summed E-state index contributed by atoms with van der Waals surface area (Å²) in [5.74, 6) is 2.14. The van der Waals surface area contributed by atoms with Crippen LogP contribution in [-0.2, 0) is 4.79 Å². The molecule has 3 heterocycles. The molecule has 2 aromatic heterocycles. The van der Waals surface area contributed by atoms with Crippen LogP contribution in [0.25, 0.3) is 5.65 Å². The number of ether oxygens (including phenoxy) is 1. The van der Waals surface area contributed by atoms with Crippen molar-refractivity contribution in [2.75, 3.05) is 19.7 Å². The SMILES string of the molecule is CC(C)(COc1cccn2ccnc12)NC(=O)[C@H]1[C@@H]2CNC[C@@H]21. The molecule has 2 N–H and O–H groups in total. The number of amides is 1. The summed E-state index contributed by atoms with van der Waals surface area (Å²) < 4.78 is 7.84. The molecule has 4 rings (SSSR count). The van der Waals surface area contributed by atoms with Crippen molar-refractivity contribution in [2.24, 2.45) is 17.8 Å². The number of hydrogen-bond donors (Lipinski definition) is 2. The molecule has 1 aliphatic heterocycles. The molecule has 0 bridgehead atoms. The maximum atomic E-state index is 12.4. The molecule has 2 aliphatic rings. The summed E-state index contributed by atoms with van der Waals surface area (Å²) in [6.07, 6.45) is 5.56. The molecule has 2 aromatic rings. The van der Waals surface area contributed by atoms with E-state index in [4.69, 9.17) is 4.74 Å². The van der Waals surface area contributed by atoms with Gasteiger partial charge in [-0.15, -0.1) is 0 Å². The van der Waals surface area contributed by atoms with Crippen LogP contribution in [-0.4, -0.2) is 40.5 Å². The molecule has 1 aliphatic carbocycles. The van der Waals surface area contributed by atoms with E-state index in [1.165, 1.54) is 0 Å². The van der Waals surface area contributed by atoms with Gasteiger partial charge in [0.15, 0.2) is 11.4 Å². The van der Waals surface area contributed by atoms with Crippen molar-refractivity contribution in [3.63, 3.8) is 0 Å². The lowest BCUT2D eigenvalue weighted by molar-refractivity contribution is -0.125. The van der Waals surface area contributed by atoms with Crippen molar-refractivity contribution in [2.45, 2.75) is 19.4 Å². The van der Waals surface area contributed by atoms with E-state index in [1.54, 1.807) is 6.20 Å². The number of imidazole rings is 1. The van der Waals surface area contributed by atoms with Crippen LogP contribution in [0.1, 0.15) is 13.8 Å². The van der Waals surface area contributed by atoms with Gasteiger partial charge in [-0.1, -0.05) is 0 Å². The fourth-order valence-electron chi connectivity index (χ4n) is 3.55. The molecule has 6 nitrogen and oxygen atoms in total. The molecular formula is C17H22N4O2. The molecule has 0 aromatic carbocycles. The number of carbonyl (C=O) groups is 1. The van der Waals surface area contributed by atoms with Crippen molar-refractivity contribution in [1.29, 1.82) is 0 Å². The minimum absolute atomic E-state index is 0.161. The summed E-state index contributed by atoms with van der Waals surface area (Å²) >= 11 is 0. The second-order valence-corrected chi connectivity index (χ2v) is 7.20. The molecule has 122 valence electrons. The Morgan fingerprint density at radius 3 is 3.00 bits per heavy atom. The normalized spacial score (nSPS) is 26.1. The van der Waals surface area contributed by atoms with Crippen LogP contribution in [0.3, 0.4) is 0 Å². The van der Waals surface area contributed by atoms with E-state index in [0.717, 1.165) is 24.5 Å². The van der Waals surface area contributed by atoms with Gasteiger partial charge in [0.1, 0.15) is 6.61 Å². The van der Waals surface area contributed by atoms with Gasteiger partial charge in [0.25, 0.3) is 0 Å². The minimum Gasteiger partial charge on any atom is -0.487 e. The van der Waals surface area contributed by atoms with Crippen LogP contribution in [0.15, 0.2) is 30.7 Å². The Hall–Kier alpha value is -2.08. The van der Waals surface area contributed by atoms with Crippen LogP contribution in [0.4, 0.5) is 0 Å². The van der Waals surface area contributed by atoms with Gasteiger partial charge < -0.3 is 19.8 Å². The zero-order valence-electron chi connectivity index (χ0n) is 13.5. The smallest absolute Gasteiger partial charge is 0.224 e. The maximum absolute atomic E-state index is 12.4. The van der Waals surface area contributed by atoms with Crippen molar-refractivity contribution in [3.8, 4) is 5.75 Å². The maximum Gasteiger partial charge on any atom is 0.224 e. The molecule has 1 amide bonds. The molecule has 0 radical (unpaired) electrons. The zero-order valence-corrected chi connectivity index (χ0v) is 13.5. The summed E-state index contributed by atoms with van der Waals surface area (Å²) in [6.45, 7) is 6.34. The molecule has 23 heavy (non-hydrogen) atoms. The average Bonchev–Trinajstić information content (AvgIpc) is 2.91. The standard InChI is InChI=1S/C17H22N4O2/c1-17(2,20-16(22)14-11-8-18-9-12(11)14)10-23-13-4-3-6-21-7-5-19-15(13)21/h3-7,11-12,14,18H,8-10H2,1-2H3,(H,20,22)/t11-,12+,14+. The van der Waals surface area contributed by atoms with Crippen molar-refractivity contribution >= 4 is 11.6 Å². The number of fused-ring (bicyclic) bond motifs is 2. The lowest BCUT2D eigenvalue weighted by Gasteiger charge is -2.27. The Morgan fingerprint density at radius 1 is 1.43 bits per heavy atom. The first kappa shape index (κ1) is 14.5. The van der Waals surface area contributed by atoms with E-state index in [1.807, 2.05) is 42.8 Å². The number of nitrogens with one attached hydrogen (secondary N) is 2. The molecule has 0 spiro atoms. The summed E-state index contributed by atoms with van der Waals surface area (Å²) in [7, 11) is 0. The Labute approximate surface area is 135 Å². The third-order valence-electron chi connectivity index (χ3n) is 4.83. The van der Waals surface area contributed by atoms with Crippen LogP contribution < -0.4 is 15.4 Å². The van der Waals surface area contributed by atoms with Crippen LogP contribution in [0.2, 0.25) is 0 Å². The summed E-state index contributed by atoms with van der Waals surface area (Å²) in [6, 6.07) is 3.82. The largest absolute Gasteiger partial charge is 0.487 e. The predicted molar refractivity (Wildman–Crippen MR) is 86.2 cm³/mol. The molecule has 1 saturated carbocycles. The number of piperidine rings is 1. The lowest BCUT2D eigenvalue weighted by atomic mass is 10.1. The molecule has 2 fully saturated rings. The topological polar surface area (TPSA) is 67.7 Å². The third kappa shape index (κ3) is 2.67. The number of carbonyl (C=O) groups excluding carboxylic acids is 1. The zero-order chi connectivity index (χ0) is 16.0. The second kappa shape index (κ2) is 5.23. The van der Waals surface area contributed by atoms with Crippen LogP contribution in [0, 0.1) is 17.8 Å². The predicted octanol–water partition coefficient (Wildman–Crippen LogP) is 1.07. The quantitative estimate of drug-likeness (QED) is 0.866. The van der Waals surface area contributed by atoms with Gasteiger partial charge in [0.2, 0.25) is 5.91 Å². The van der Waals surface area contributed by atoms with Crippen molar-refractivity contribution in [1.82, 2.24) is 20.0 Å². The van der Waals surface area contributed by atoms with E-state index in [9.17, 15) is 4.79 Å². The first-order valence-corrected chi connectivity index (χ1v) is 8.12. The number of nitrogens with zero attached hydrogens (tertiary/aromatic N) is 2. The van der Waals surface area contributed by atoms with E-state index in [2.05, 4.69) is 15.6 Å². The number of hydrogen-bond acceptors (Lipinski definition) is 4. The summed E-state index contributed by atoms with van der Waals surface area (Å²) in [4.78, 5) is 16.7. The first-order chi connectivity index (χ1) is 11.1. The molecule has 3 atom stereocenters. The van der Waals surface area contributed by atoms with Crippen LogP contribution >= 0.6 is 0 Å². The van der Waals surface area contributed by atoms with Crippen LogP contribution in [0.5, 0.6) is 5.75 Å². The molecular weight excluding hydrogens is 292 g/mol. The fraction of sp³-hybridized carbons (Fsp3) is 0.529. The minimum atomic E-state index is -0.416.